The van der Waals surface area contributed by atoms with Crippen molar-refractivity contribution in [2.45, 2.75) is 38.0 Å². The highest BCUT2D eigenvalue weighted by Crippen LogP contribution is 2.49. The number of halogens is 4. The highest BCUT2D eigenvalue weighted by molar-refractivity contribution is 9.10. The first-order valence-corrected chi connectivity index (χ1v) is 14.3. The van der Waals surface area contributed by atoms with Crippen molar-refractivity contribution in [1.82, 2.24) is 19.7 Å². The second-order valence-corrected chi connectivity index (χ2v) is 11.6. The van der Waals surface area contributed by atoms with Gasteiger partial charge in [-0.15, -0.1) is 10.2 Å². The van der Waals surface area contributed by atoms with Crippen molar-refractivity contribution >= 4 is 50.7 Å². The summed E-state index contributed by atoms with van der Waals surface area (Å²) in [7, 11) is 0. The van der Waals surface area contributed by atoms with Gasteiger partial charge in [0.25, 0.3) is 5.89 Å². The molecule has 0 atom stereocenters. The molecule has 1 aliphatic carbocycles. The minimum atomic E-state index is -0.307. The van der Waals surface area contributed by atoms with Crippen molar-refractivity contribution in [3.63, 3.8) is 0 Å². The Morgan fingerprint density at radius 3 is 2.26 bits per heavy atom. The smallest absolute Gasteiger partial charge is 0.268 e. The second kappa shape index (κ2) is 10.2. The van der Waals surface area contributed by atoms with Crippen LogP contribution in [0.5, 0.6) is 0 Å². The highest BCUT2D eigenvalue weighted by atomic mass is 79.9. The van der Waals surface area contributed by atoms with Crippen molar-refractivity contribution in [2.75, 3.05) is 0 Å². The van der Waals surface area contributed by atoms with Gasteiger partial charge in [-0.1, -0.05) is 76.2 Å². The number of aromatic nitrogens is 4. The lowest BCUT2D eigenvalue weighted by molar-refractivity contribution is 0.241. The SMILES string of the molecule is CCc1c(-c2nnc(C3(c4ccc(Cl)cc4)CCC3)o2)nc(-c2ccc(Cl)cc2Cl)n1-c1ccc(Br)cc1. The van der Waals surface area contributed by atoms with Crippen LogP contribution in [0.4, 0.5) is 0 Å². The van der Waals surface area contributed by atoms with Gasteiger partial charge in [-0.3, -0.25) is 4.57 Å². The molecule has 192 valence electrons. The Kier molecular flexibility index (Phi) is 6.85. The summed E-state index contributed by atoms with van der Waals surface area (Å²) in [5.41, 5.74) is 4.11. The maximum Gasteiger partial charge on any atom is 0.268 e. The van der Waals surface area contributed by atoms with E-state index in [4.69, 9.17) is 44.2 Å². The van der Waals surface area contributed by atoms with E-state index in [1.807, 2.05) is 60.7 Å². The lowest BCUT2D eigenvalue weighted by Crippen LogP contribution is -2.35. The molecule has 0 bridgehead atoms. The quantitative estimate of drug-likeness (QED) is 0.188. The number of rotatable bonds is 6. The van der Waals surface area contributed by atoms with Crippen LogP contribution in [-0.2, 0) is 11.8 Å². The molecule has 0 unspecified atom stereocenters. The maximum absolute atomic E-state index is 6.66. The van der Waals surface area contributed by atoms with Crippen molar-refractivity contribution in [3.05, 3.63) is 103 Å². The lowest BCUT2D eigenvalue weighted by atomic mass is 9.64. The summed E-state index contributed by atoms with van der Waals surface area (Å²) < 4.78 is 9.50. The first-order chi connectivity index (χ1) is 18.4. The van der Waals surface area contributed by atoms with Crippen molar-refractivity contribution < 1.29 is 4.42 Å². The van der Waals surface area contributed by atoms with Crippen LogP contribution in [-0.4, -0.2) is 19.7 Å². The molecule has 0 amide bonds. The van der Waals surface area contributed by atoms with Gasteiger partial charge in [0.2, 0.25) is 5.89 Å². The number of hydrogen-bond donors (Lipinski definition) is 0. The molecule has 1 aliphatic rings. The molecule has 6 rings (SSSR count). The molecule has 5 aromatic rings. The molecule has 0 saturated heterocycles. The third kappa shape index (κ3) is 4.37. The van der Waals surface area contributed by atoms with Gasteiger partial charge in [-0.25, -0.2) is 4.98 Å². The summed E-state index contributed by atoms with van der Waals surface area (Å²) in [5, 5.41) is 10.8. The third-order valence-corrected chi connectivity index (χ3v) is 8.53. The van der Waals surface area contributed by atoms with Crippen LogP contribution in [0.3, 0.4) is 0 Å². The molecule has 0 N–H and O–H groups in total. The van der Waals surface area contributed by atoms with E-state index in [-0.39, 0.29) is 5.41 Å². The largest absolute Gasteiger partial charge is 0.418 e. The van der Waals surface area contributed by atoms with E-state index in [9.17, 15) is 0 Å². The van der Waals surface area contributed by atoms with Crippen molar-refractivity contribution in [2.24, 2.45) is 0 Å². The molecule has 0 spiro atoms. The maximum atomic E-state index is 6.66. The monoisotopic (exact) mass is 626 g/mol. The Balaban J connectivity index is 1.51. The number of nitrogens with zero attached hydrogens (tertiary/aromatic N) is 4. The van der Waals surface area contributed by atoms with E-state index in [1.54, 1.807) is 6.07 Å². The van der Waals surface area contributed by atoms with Gasteiger partial charge in [-0.2, -0.15) is 0 Å². The van der Waals surface area contributed by atoms with Crippen LogP contribution in [0.2, 0.25) is 15.1 Å². The van der Waals surface area contributed by atoms with Crippen molar-refractivity contribution in [3.8, 4) is 28.7 Å². The minimum Gasteiger partial charge on any atom is -0.418 e. The van der Waals surface area contributed by atoms with E-state index in [2.05, 4.69) is 37.6 Å². The Morgan fingerprint density at radius 1 is 0.921 bits per heavy atom. The predicted molar refractivity (Wildman–Crippen MR) is 155 cm³/mol. The molecular formula is C29H22BrCl3N4O. The highest BCUT2D eigenvalue weighted by Gasteiger charge is 2.45. The summed E-state index contributed by atoms with van der Waals surface area (Å²) >= 11 is 22.6. The summed E-state index contributed by atoms with van der Waals surface area (Å²) in [6.07, 6.45) is 3.66. The van der Waals surface area contributed by atoms with Crippen LogP contribution in [0, 0.1) is 0 Å². The summed E-state index contributed by atoms with van der Waals surface area (Å²) in [5.74, 6) is 1.67. The van der Waals surface area contributed by atoms with Gasteiger partial charge in [-0.05, 0) is 79.4 Å². The molecule has 2 aromatic heterocycles. The van der Waals surface area contributed by atoms with Gasteiger partial charge >= 0.3 is 0 Å². The van der Waals surface area contributed by atoms with Crippen LogP contribution in [0.15, 0.2) is 75.6 Å². The van der Waals surface area contributed by atoms with Crippen molar-refractivity contribution in [1.29, 1.82) is 0 Å². The number of benzene rings is 3. The van der Waals surface area contributed by atoms with Crippen LogP contribution >= 0.6 is 50.7 Å². The standard InChI is InChI=1S/C29H22BrCl3N4O/c1-2-24-25(27-35-36-28(38-27)29(14-3-15-29)17-4-8-19(31)9-5-17)34-26(22-13-10-20(32)16-23(22)33)37(24)21-11-6-18(30)7-12-21/h4-13,16H,2-3,14-15H2,1H3. The van der Waals surface area contributed by atoms with Gasteiger partial charge in [0.15, 0.2) is 0 Å². The Bertz CT molecular complexity index is 1620. The topological polar surface area (TPSA) is 56.7 Å². The third-order valence-electron chi connectivity index (χ3n) is 7.21. The summed E-state index contributed by atoms with van der Waals surface area (Å²) in [6.45, 7) is 2.08. The molecule has 9 heteroatoms. The zero-order chi connectivity index (χ0) is 26.4. The van der Waals surface area contributed by atoms with E-state index in [0.29, 0.717) is 44.8 Å². The second-order valence-electron chi connectivity index (χ2n) is 9.38. The average Bonchev–Trinajstić information content (AvgIpc) is 3.50. The van der Waals surface area contributed by atoms with E-state index in [0.717, 1.165) is 46.2 Å². The molecule has 0 radical (unpaired) electrons. The fraction of sp³-hybridized carbons (Fsp3) is 0.207. The summed E-state index contributed by atoms with van der Waals surface area (Å²) in [4.78, 5) is 5.04. The predicted octanol–water partition coefficient (Wildman–Crippen LogP) is 9.34. The molecule has 2 heterocycles. The normalized spacial score (nSPS) is 14.4. The zero-order valence-corrected chi connectivity index (χ0v) is 24.2. The van der Waals surface area contributed by atoms with E-state index >= 15 is 0 Å². The van der Waals surface area contributed by atoms with Gasteiger partial charge in [0, 0.05) is 25.8 Å². The van der Waals surface area contributed by atoms with Gasteiger partial charge in [0.1, 0.15) is 11.5 Å². The summed E-state index contributed by atoms with van der Waals surface area (Å²) in [6, 6.07) is 21.4. The van der Waals surface area contributed by atoms with E-state index < -0.39 is 0 Å². The molecular weight excluding hydrogens is 607 g/mol. The van der Waals surface area contributed by atoms with Crippen LogP contribution < -0.4 is 0 Å². The zero-order valence-electron chi connectivity index (χ0n) is 20.4. The molecule has 38 heavy (non-hydrogen) atoms. The fourth-order valence-electron chi connectivity index (χ4n) is 5.11. The Hall–Kier alpha value is -2.64. The average molecular weight is 629 g/mol. The Morgan fingerprint density at radius 2 is 1.63 bits per heavy atom. The molecule has 0 aliphatic heterocycles. The van der Waals surface area contributed by atoms with E-state index in [1.165, 1.54) is 0 Å². The number of hydrogen-bond acceptors (Lipinski definition) is 4. The molecule has 1 fully saturated rings. The van der Waals surface area contributed by atoms with Crippen LogP contribution in [0.25, 0.3) is 28.7 Å². The van der Waals surface area contributed by atoms with Crippen LogP contribution in [0.1, 0.15) is 43.3 Å². The number of imidazole rings is 1. The molecule has 3 aromatic carbocycles. The minimum absolute atomic E-state index is 0.307. The Labute approximate surface area is 243 Å². The first kappa shape index (κ1) is 25.6. The lowest BCUT2D eigenvalue weighted by Gasteiger charge is -2.39. The van der Waals surface area contributed by atoms with Gasteiger partial charge in [0.05, 0.1) is 16.1 Å². The fourth-order valence-corrected chi connectivity index (χ4v) is 5.99. The van der Waals surface area contributed by atoms with Gasteiger partial charge < -0.3 is 4.42 Å². The molecule has 5 nitrogen and oxygen atoms in total. The first-order valence-electron chi connectivity index (χ1n) is 12.3. The molecule has 1 saturated carbocycles.